The molecular weight excluding hydrogens is 254 g/mol. The SMILES string of the molecule is O=C(NC[C@H]1CCS(=O)(=O)C1)Nc1ccccn1. The summed E-state index contributed by atoms with van der Waals surface area (Å²) in [4.78, 5) is 15.5. The van der Waals surface area contributed by atoms with Gasteiger partial charge in [0.1, 0.15) is 5.82 Å². The number of pyridine rings is 1. The van der Waals surface area contributed by atoms with Crippen molar-refractivity contribution in [2.75, 3.05) is 23.4 Å². The molecule has 6 nitrogen and oxygen atoms in total. The van der Waals surface area contributed by atoms with Crippen LogP contribution >= 0.6 is 0 Å². The van der Waals surface area contributed by atoms with Gasteiger partial charge in [0.15, 0.2) is 9.84 Å². The summed E-state index contributed by atoms with van der Waals surface area (Å²) < 4.78 is 22.5. The fourth-order valence-electron chi connectivity index (χ4n) is 1.87. The lowest BCUT2D eigenvalue weighted by atomic mass is 10.1. The summed E-state index contributed by atoms with van der Waals surface area (Å²) in [5, 5.41) is 5.23. The molecule has 0 aliphatic carbocycles. The van der Waals surface area contributed by atoms with Crippen LogP contribution in [0.4, 0.5) is 10.6 Å². The number of amides is 2. The number of sulfone groups is 1. The average molecular weight is 269 g/mol. The Balaban J connectivity index is 1.76. The van der Waals surface area contributed by atoms with Gasteiger partial charge >= 0.3 is 6.03 Å². The van der Waals surface area contributed by atoms with E-state index >= 15 is 0 Å². The molecular formula is C11H15N3O3S. The van der Waals surface area contributed by atoms with Gasteiger partial charge in [-0.15, -0.1) is 0 Å². The van der Waals surface area contributed by atoms with E-state index in [4.69, 9.17) is 0 Å². The first-order valence-corrected chi connectivity index (χ1v) is 7.53. The second-order valence-corrected chi connectivity index (χ2v) is 6.55. The van der Waals surface area contributed by atoms with Crippen molar-refractivity contribution in [3.8, 4) is 0 Å². The molecule has 1 aromatic rings. The van der Waals surface area contributed by atoms with E-state index in [1.807, 2.05) is 0 Å². The van der Waals surface area contributed by atoms with Gasteiger partial charge in [0, 0.05) is 12.7 Å². The van der Waals surface area contributed by atoms with Crippen LogP contribution in [0.5, 0.6) is 0 Å². The number of carbonyl (C=O) groups excluding carboxylic acids is 1. The first kappa shape index (κ1) is 12.8. The Morgan fingerprint density at radius 2 is 2.28 bits per heavy atom. The highest BCUT2D eigenvalue weighted by molar-refractivity contribution is 7.91. The van der Waals surface area contributed by atoms with Gasteiger partial charge in [0.2, 0.25) is 0 Å². The van der Waals surface area contributed by atoms with Crippen molar-refractivity contribution in [3.05, 3.63) is 24.4 Å². The molecule has 1 aliphatic heterocycles. The fraction of sp³-hybridized carbons (Fsp3) is 0.455. The molecule has 0 unspecified atom stereocenters. The molecule has 0 saturated carbocycles. The second kappa shape index (κ2) is 5.34. The van der Waals surface area contributed by atoms with Crippen molar-refractivity contribution in [1.82, 2.24) is 10.3 Å². The van der Waals surface area contributed by atoms with Crippen molar-refractivity contribution >= 4 is 21.7 Å². The number of nitrogens with one attached hydrogen (secondary N) is 2. The topological polar surface area (TPSA) is 88.2 Å². The van der Waals surface area contributed by atoms with E-state index in [1.54, 1.807) is 24.4 Å². The fourth-order valence-corrected chi connectivity index (χ4v) is 3.73. The Hall–Kier alpha value is -1.63. The monoisotopic (exact) mass is 269 g/mol. The summed E-state index contributed by atoms with van der Waals surface area (Å²) in [6.07, 6.45) is 2.20. The minimum atomic E-state index is -2.89. The molecule has 0 radical (unpaired) electrons. The Bertz CT molecular complexity index is 516. The molecule has 98 valence electrons. The van der Waals surface area contributed by atoms with Crippen LogP contribution in [-0.4, -0.2) is 37.5 Å². The van der Waals surface area contributed by atoms with Gasteiger partial charge in [0.05, 0.1) is 11.5 Å². The smallest absolute Gasteiger partial charge is 0.320 e. The quantitative estimate of drug-likeness (QED) is 0.842. The number of hydrogen-bond donors (Lipinski definition) is 2. The summed E-state index contributed by atoms with van der Waals surface area (Å²) in [6.45, 7) is 0.373. The lowest BCUT2D eigenvalue weighted by Gasteiger charge is -2.10. The van der Waals surface area contributed by atoms with Crippen LogP contribution in [0.15, 0.2) is 24.4 Å². The van der Waals surface area contributed by atoms with Gasteiger partial charge in [-0.3, -0.25) is 5.32 Å². The first-order chi connectivity index (χ1) is 8.55. The zero-order valence-corrected chi connectivity index (χ0v) is 10.6. The molecule has 2 N–H and O–H groups in total. The Morgan fingerprint density at radius 1 is 1.44 bits per heavy atom. The van der Waals surface area contributed by atoms with E-state index < -0.39 is 9.84 Å². The molecule has 1 fully saturated rings. The number of carbonyl (C=O) groups is 1. The van der Waals surface area contributed by atoms with E-state index in [2.05, 4.69) is 15.6 Å². The number of hydrogen-bond acceptors (Lipinski definition) is 4. The molecule has 2 rings (SSSR count). The van der Waals surface area contributed by atoms with E-state index in [-0.39, 0.29) is 23.5 Å². The van der Waals surface area contributed by atoms with Gasteiger partial charge < -0.3 is 5.32 Å². The molecule has 1 saturated heterocycles. The number of anilines is 1. The summed E-state index contributed by atoms with van der Waals surface area (Å²) in [7, 11) is -2.89. The highest BCUT2D eigenvalue weighted by Gasteiger charge is 2.27. The average Bonchev–Trinajstić information content (AvgIpc) is 2.68. The standard InChI is InChI=1S/C11H15N3O3S/c15-11(14-10-3-1-2-5-12-10)13-7-9-4-6-18(16,17)8-9/h1-3,5,9H,4,6-8H2,(H2,12,13,14,15)/t9-/m1/s1. The van der Waals surface area contributed by atoms with Crippen LogP contribution in [0.25, 0.3) is 0 Å². The third kappa shape index (κ3) is 3.69. The molecule has 2 heterocycles. The molecule has 1 aromatic heterocycles. The lowest BCUT2D eigenvalue weighted by Crippen LogP contribution is -2.33. The molecule has 2 amide bonds. The normalized spacial score (nSPS) is 21.4. The van der Waals surface area contributed by atoms with Gasteiger partial charge in [-0.2, -0.15) is 0 Å². The highest BCUT2D eigenvalue weighted by Crippen LogP contribution is 2.17. The predicted octanol–water partition coefficient (Wildman–Crippen LogP) is 0.638. The van der Waals surface area contributed by atoms with Crippen LogP contribution < -0.4 is 10.6 Å². The van der Waals surface area contributed by atoms with Crippen molar-refractivity contribution in [2.24, 2.45) is 5.92 Å². The minimum absolute atomic E-state index is 0.0180. The van der Waals surface area contributed by atoms with Gasteiger partial charge in [0.25, 0.3) is 0 Å². The summed E-state index contributed by atoms with van der Waals surface area (Å²) in [6, 6.07) is 4.84. The van der Waals surface area contributed by atoms with Crippen molar-refractivity contribution < 1.29 is 13.2 Å². The first-order valence-electron chi connectivity index (χ1n) is 5.71. The van der Waals surface area contributed by atoms with E-state index in [9.17, 15) is 13.2 Å². The van der Waals surface area contributed by atoms with Crippen molar-refractivity contribution in [3.63, 3.8) is 0 Å². The zero-order chi connectivity index (χ0) is 13.0. The largest absolute Gasteiger partial charge is 0.338 e. The lowest BCUT2D eigenvalue weighted by molar-refractivity contribution is 0.250. The van der Waals surface area contributed by atoms with Gasteiger partial charge in [-0.05, 0) is 24.5 Å². The molecule has 1 atom stereocenters. The van der Waals surface area contributed by atoms with Gasteiger partial charge in [-0.1, -0.05) is 6.07 Å². The number of rotatable bonds is 3. The Morgan fingerprint density at radius 3 is 2.89 bits per heavy atom. The van der Waals surface area contributed by atoms with E-state index in [1.165, 1.54) is 0 Å². The number of aromatic nitrogens is 1. The zero-order valence-electron chi connectivity index (χ0n) is 9.80. The number of urea groups is 1. The molecule has 7 heteroatoms. The third-order valence-corrected chi connectivity index (χ3v) is 4.62. The van der Waals surface area contributed by atoms with Crippen LogP contribution in [0.3, 0.4) is 0 Å². The third-order valence-electron chi connectivity index (χ3n) is 2.78. The molecule has 0 spiro atoms. The number of nitrogens with zero attached hydrogens (tertiary/aromatic N) is 1. The molecule has 0 aromatic carbocycles. The maximum Gasteiger partial charge on any atom is 0.320 e. The Kier molecular flexibility index (Phi) is 3.81. The van der Waals surface area contributed by atoms with Crippen LogP contribution in [-0.2, 0) is 9.84 Å². The van der Waals surface area contributed by atoms with Crippen LogP contribution in [0.1, 0.15) is 6.42 Å². The van der Waals surface area contributed by atoms with Crippen molar-refractivity contribution in [2.45, 2.75) is 6.42 Å². The molecule has 1 aliphatic rings. The maximum atomic E-state index is 11.5. The summed E-state index contributed by atoms with van der Waals surface area (Å²) in [5.41, 5.74) is 0. The highest BCUT2D eigenvalue weighted by atomic mass is 32.2. The van der Waals surface area contributed by atoms with Crippen molar-refractivity contribution in [1.29, 1.82) is 0 Å². The van der Waals surface area contributed by atoms with Gasteiger partial charge in [-0.25, -0.2) is 18.2 Å². The molecule has 0 bridgehead atoms. The van der Waals surface area contributed by atoms with E-state index in [0.717, 1.165) is 0 Å². The minimum Gasteiger partial charge on any atom is -0.338 e. The maximum absolute atomic E-state index is 11.5. The summed E-state index contributed by atoms with van der Waals surface area (Å²) >= 11 is 0. The summed E-state index contributed by atoms with van der Waals surface area (Å²) in [5.74, 6) is 0.872. The van der Waals surface area contributed by atoms with Crippen LogP contribution in [0.2, 0.25) is 0 Å². The van der Waals surface area contributed by atoms with E-state index in [0.29, 0.717) is 18.8 Å². The van der Waals surface area contributed by atoms with Crippen LogP contribution in [0, 0.1) is 5.92 Å². The predicted molar refractivity (Wildman–Crippen MR) is 68.0 cm³/mol. The molecule has 18 heavy (non-hydrogen) atoms. The second-order valence-electron chi connectivity index (χ2n) is 4.32. The Labute approximate surface area is 106 Å².